The fraction of sp³-hybridized carbons (Fsp3) is 0.812. The van der Waals surface area contributed by atoms with E-state index >= 15 is 0 Å². The van der Waals surface area contributed by atoms with E-state index in [9.17, 15) is 18.0 Å². The van der Waals surface area contributed by atoms with Crippen LogP contribution >= 0.6 is 0 Å². The predicted octanol–water partition coefficient (Wildman–Crippen LogP) is 1.97. The molecular weight excluding hydrogens is 335 g/mol. The SMILES string of the molecule is CC(C)CC(NC(=O)C1(C(F)(F)F)CC1)c1nnc2n1CCNCC2. The number of nitrogens with one attached hydrogen (secondary N) is 2. The molecule has 9 heteroatoms. The number of alkyl halides is 3. The van der Waals surface area contributed by atoms with E-state index in [-0.39, 0.29) is 18.8 Å². The Labute approximate surface area is 144 Å². The molecule has 0 saturated heterocycles. The zero-order chi connectivity index (χ0) is 18.2. The molecule has 0 spiro atoms. The van der Waals surface area contributed by atoms with Crippen molar-refractivity contribution < 1.29 is 18.0 Å². The minimum absolute atomic E-state index is 0.140. The Bertz CT molecular complexity index is 636. The first-order chi connectivity index (χ1) is 11.7. The zero-order valence-electron chi connectivity index (χ0n) is 14.5. The second-order valence-electron chi connectivity index (χ2n) is 7.36. The number of fused-ring (bicyclic) bond motifs is 1. The lowest BCUT2D eigenvalue weighted by Gasteiger charge is -2.25. The van der Waals surface area contributed by atoms with Crippen LogP contribution in [0.15, 0.2) is 0 Å². The molecule has 1 aliphatic carbocycles. The van der Waals surface area contributed by atoms with Crippen molar-refractivity contribution in [2.75, 3.05) is 13.1 Å². The van der Waals surface area contributed by atoms with E-state index in [4.69, 9.17) is 0 Å². The second kappa shape index (κ2) is 6.59. The molecule has 1 amide bonds. The number of hydrogen-bond acceptors (Lipinski definition) is 4. The Hall–Kier alpha value is -1.64. The van der Waals surface area contributed by atoms with Gasteiger partial charge in [0.15, 0.2) is 5.82 Å². The van der Waals surface area contributed by atoms with E-state index in [0.29, 0.717) is 25.2 Å². The maximum atomic E-state index is 13.2. The first-order valence-corrected chi connectivity index (χ1v) is 8.75. The van der Waals surface area contributed by atoms with E-state index < -0.39 is 23.5 Å². The van der Waals surface area contributed by atoms with Gasteiger partial charge in [0.05, 0.1) is 6.04 Å². The molecule has 2 N–H and O–H groups in total. The third-order valence-corrected chi connectivity index (χ3v) is 4.94. The van der Waals surface area contributed by atoms with Gasteiger partial charge in [0.25, 0.3) is 0 Å². The van der Waals surface area contributed by atoms with E-state index in [2.05, 4.69) is 20.8 Å². The molecule has 1 fully saturated rings. The van der Waals surface area contributed by atoms with Crippen molar-refractivity contribution in [2.24, 2.45) is 11.3 Å². The normalized spacial score (nSPS) is 20.7. The summed E-state index contributed by atoms with van der Waals surface area (Å²) in [4.78, 5) is 12.4. The number of halogens is 3. The van der Waals surface area contributed by atoms with Crippen molar-refractivity contribution in [1.29, 1.82) is 0 Å². The van der Waals surface area contributed by atoms with Gasteiger partial charge >= 0.3 is 6.18 Å². The van der Waals surface area contributed by atoms with Crippen molar-refractivity contribution in [1.82, 2.24) is 25.4 Å². The highest BCUT2D eigenvalue weighted by Gasteiger charge is 2.68. The lowest BCUT2D eigenvalue weighted by atomic mass is 10.00. The lowest BCUT2D eigenvalue weighted by Crippen LogP contribution is -2.43. The molecule has 1 aromatic heterocycles. The summed E-state index contributed by atoms with van der Waals surface area (Å²) in [6, 6.07) is -0.563. The maximum Gasteiger partial charge on any atom is 0.403 e. The molecule has 3 rings (SSSR count). The Balaban J connectivity index is 1.84. The van der Waals surface area contributed by atoms with Gasteiger partial charge in [-0.25, -0.2) is 0 Å². The molecule has 2 heterocycles. The van der Waals surface area contributed by atoms with Gasteiger partial charge in [-0.3, -0.25) is 4.79 Å². The minimum Gasteiger partial charge on any atom is -0.345 e. The third kappa shape index (κ3) is 3.51. The number of rotatable bonds is 5. The van der Waals surface area contributed by atoms with E-state index in [1.54, 1.807) is 0 Å². The molecule has 1 saturated carbocycles. The number of carbonyl (C=O) groups excluding carboxylic acids is 1. The average molecular weight is 359 g/mol. The van der Waals surface area contributed by atoms with Gasteiger partial charge in [-0.05, 0) is 25.2 Å². The van der Waals surface area contributed by atoms with Crippen LogP contribution in [0.5, 0.6) is 0 Å². The fourth-order valence-electron chi connectivity index (χ4n) is 3.31. The van der Waals surface area contributed by atoms with Crippen LogP contribution in [-0.4, -0.2) is 39.9 Å². The van der Waals surface area contributed by atoms with Crippen LogP contribution < -0.4 is 10.6 Å². The topological polar surface area (TPSA) is 71.8 Å². The van der Waals surface area contributed by atoms with Gasteiger partial charge in [-0.1, -0.05) is 13.8 Å². The standard InChI is InChI=1S/C16H24F3N5O/c1-10(2)9-11(21-14(25)15(4-5-15)16(17,18)19)13-23-22-12-3-6-20-7-8-24(12)13/h10-11,20H,3-9H2,1-2H3,(H,21,25). The molecule has 1 aliphatic heterocycles. The Morgan fingerprint density at radius 2 is 2.04 bits per heavy atom. The van der Waals surface area contributed by atoms with E-state index in [0.717, 1.165) is 18.9 Å². The fourth-order valence-corrected chi connectivity index (χ4v) is 3.31. The van der Waals surface area contributed by atoms with Gasteiger partial charge in [0, 0.05) is 26.1 Å². The van der Waals surface area contributed by atoms with Crippen molar-refractivity contribution >= 4 is 5.91 Å². The van der Waals surface area contributed by atoms with Gasteiger partial charge in [0.2, 0.25) is 5.91 Å². The summed E-state index contributed by atoms with van der Waals surface area (Å²) in [5.41, 5.74) is -2.22. The first-order valence-electron chi connectivity index (χ1n) is 8.75. The molecule has 2 aliphatic rings. The number of carbonyl (C=O) groups is 1. The van der Waals surface area contributed by atoms with Gasteiger partial charge < -0.3 is 15.2 Å². The third-order valence-electron chi connectivity index (χ3n) is 4.94. The van der Waals surface area contributed by atoms with Gasteiger partial charge in [-0.15, -0.1) is 10.2 Å². The minimum atomic E-state index is -4.51. The molecule has 0 aromatic carbocycles. The molecule has 1 atom stereocenters. The molecule has 0 radical (unpaired) electrons. The van der Waals surface area contributed by atoms with E-state index in [1.807, 2.05) is 18.4 Å². The molecule has 25 heavy (non-hydrogen) atoms. The average Bonchev–Trinajstić information content (AvgIpc) is 3.28. The van der Waals surface area contributed by atoms with Crippen molar-refractivity contribution in [3.63, 3.8) is 0 Å². The van der Waals surface area contributed by atoms with Crippen LogP contribution in [0.1, 0.15) is 50.8 Å². The zero-order valence-corrected chi connectivity index (χ0v) is 14.5. The summed E-state index contributed by atoms with van der Waals surface area (Å²) in [5, 5.41) is 14.3. The molecule has 1 unspecified atom stereocenters. The highest BCUT2D eigenvalue weighted by molar-refractivity contribution is 5.86. The summed E-state index contributed by atoms with van der Waals surface area (Å²) in [6.07, 6.45) is -3.56. The summed E-state index contributed by atoms with van der Waals surface area (Å²) in [6.45, 7) is 6.12. The second-order valence-corrected chi connectivity index (χ2v) is 7.36. The lowest BCUT2D eigenvalue weighted by molar-refractivity contribution is -0.192. The molecule has 6 nitrogen and oxygen atoms in total. The summed E-state index contributed by atoms with van der Waals surface area (Å²) >= 11 is 0. The van der Waals surface area contributed by atoms with Crippen molar-refractivity contribution in [2.45, 2.75) is 58.3 Å². The Morgan fingerprint density at radius 3 is 2.64 bits per heavy atom. The smallest absolute Gasteiger partial charge is 0.345 e. The van der Waals surface area contributed by atoms with Crippen LogP contribution in [0.4, 0.5) is 13.2 Å². The number of hydrogen-bond donors (Lipinski definition) is 2. The van der Waals surface area contributed by atoms with Crippen LogP contribution in [0.3, 0.4) is 0 Å². The van der Waals surface area contributed by atoms with Gasteiger partial charge in [-0.2, -0.15) is 13.2 Å². The van der Waals surface area contributed by atoms with Crippen molar-refractivity contribution in [3.05, 3.63) is 11.6 Å². The van der Waals surface area contributed by atoms with Crippen LogP contribution in [-0.2, 0) is 17.8 Å². The van der Waals surface area contributed by atoms with Gasteiger partial charge in [0.1, 0.15) is 11.2 Å². The van der Waals surface area contributed by atoms with E-state index in [1.165, 1.54) is 0 Å². The summed E-state index contributed by atoms with van der Waals surface area (Å²) < 4.78 is 41.6. The number of nitrogens with zero attached hydrogens (tertiary/aromatic N) is 3. The molecule has 1 aromatic rings. The quantitative estimate of drug-likeness (QED) is 0.843. The highest BCUT2D eigenvalue weighted by Crippen LogP contribution is 2.58. The predicted molar refractivity (Wildman–Crippen MR) is 84.7 cm³/mol. The van der Waals surface area contributed by atoms with Crippen molar-refractivity contribution in [3.8, 4) is 0 Å². The highest BCUT2D eigenvalue weighted by atomic mass is 19.4. The maximum absolute atomic E-state index is 13.2. The van der Waals surface area contributed by atoms with Crippen LogP contribution in [0, 0.1) is 11.3 Å². The Morgan fingerprint density at radius 1 is 1.32 bits per heavy atom. The number of aromatic nitrogens is 3. The number of amides is 1. The molecular formula is C16H24F3N5O. The summed E-state index contributed by atoms with van der Waals surface area (Å²) in [5.74, 6) is 0.622. The molecule has 0 bridgehead atoms. The Kier molecular flexibility index (Phi) is 4.78. The van der Waals surface area contributed by atoms with Crippen LogP contribution in [0.25, 0.3) is 0 Å². The van der Waals surface area contributed by atoms with Crippen LogP contribution in [0.2, 0.25) is 0 Å². The molecule has 140 valence electrons. The monoisotopic (exact) mass is 359 g/mol. The first kappa shape index (κ1) is 18.2. The summed E-state index contributed by atoms with van der Waals surface area (Å²) in [7, 11) is 0. The largest absolute Gasteiger partial charge is 0.403 e.